The number of carboxylic acids is 2. The van der Waals surface area contributed by atoms with E-state index in [0.29, 0.717) is 0 Å². The van der Waals surface area contributed by atoms with E-state index in [4.69, 9.17) is 19.8 Å². The van der Waals surface area contributed by atoms with Crippen molar-refractivity contribution in [3.8, 4) is 0 Å². The Morgan fingerprint density at radius 2 is 1.12 bits per heavy atom. The van der Waals surface area contributed by atoms with Crippen LogP contribution in [-0.2, 0) is 35.8 Å². The largest absolute Gasteiger partial charge is 4.00 e. The predicted octanol–water partition coefficient (Wildman–Crippen LogP) is -6.51. The maximum atomic E-state index is 8.93. The summed E-state index contributed by atoms with van der Waals surface area (Å²) in [6.07, 6.45) is 0. The molecule has 0 aliphatic heterocycles. The molecule has 0 radical (unpaired) electrons. The second-order valence-electron chi connectivity index (χ2n) is 0.575. The Morgan fingerprint density at radius 3 is 1.12 bits per heavy atom. The topological polar surface area (TPSA) is 80.3 Å². The summed E-state index contributed by atoms with van der Waals surface area (Å²) in [4.78, 5) is 17.9. The van der Waals surface area contributed by atoms with Crippen LogP contribution in [0.15, 0.2) is 0 Å². The Hall–Kier alpha value is 0.421. The number of carboxylic acid groups (broad SMARTS) is 2. The Kier molecular flexibility index (Phi) is 14.6. The molecule has 0 saturated heterocycles. The van der Waals surface area contributed by atoms with Gasteiger partial charge < -0.3 is 19.8 Å². The van der Waals surface area contributed by atoms with Crippen molar-refractivity contribution in [1.82, 2.24) is 0 Å². The summed E-state index contributed by atoms with van der Waals surface area (Å²) in [7, 11) is 0. The number of aliphatic carboxylic acids is 2. The second kappa shape index (κ2) is 7.42. The summed E-state index contributed by atoms with van der Waals surface area (Å²) in [5.74, 6) is -4.37. The summed E-state index contributed by atoms with van der Waals surface area (Å²) in [6, 6.07) is 0. The van der Waals surface area contributed by atoms with Gasteiger partial charge in [-0.2, -0.15) is 0 Å². The van der Waals surface area contributed by atoms with E-state index in [2.05, 4.69) is 0 Å². The van der Waals surface area contributed by atoms with Crippen molar-refractivity contribution in [2.45, 2.75) is 0 Å². The smallest absolute Gasteiger partial charge is 0.543 e. The van der Waals surface area contributed by atoms with Crippen molar-refractivity contribution >= 4 is 11.9 Å². The molecule has 6 heteroatoms. The standard InChI is InChI=1S/C2H2O4.Li.Zr/c3-1(4)2(5)6;;/h(H,3,4)(H,5,6);;/q;+1;+4/p-2. The SMILES string of the molecule is O=C([O-])C(=O)[O-].[Li+].[Zr+4]. The van der Waals surface area contributed by atoms with Gasteiger partial charge in [-0.25, -0.2) is 0 Å². The van der Waals surface area contributed by atoms with E-state index in [-0.39, 0.29) is 45.1 Å². The zero-order valence-electron chi connectivity index (χ0n) is 4.13. The van der Waals surface area contributed by atoms with E-state index in [9.17, 15) is 0 Å². The molecule has 0 heterocycles. The minimum Gasteiger partial charge on any atom is -0.543 e. The second-order valence-corrected chi connectivity index (χ2v) is 0.575. The Balaban J connectivity index is -0.000000125. The summed E-state index contributed by atoms with van der Waals surface area (Å²) < 4.78 is 0. The predicted molar refractivity (Wildman–Crippen MR) is 10.0 cm³/mol. The molecule has 8 heavy (non-hydrogen) atoms. The first-order chi connectivity index (χ1) is 2.64. The van der Waals surface area contributed by atoms with Crippen LogP contribution < -0.4 is 29.1 Å². The molecule has 0 aliphatic rings. The fraction of sp³-hybridized carbons (Fsp3) is 0. The number of hydrogen-bond acceptors (Lipinski definition) is 4. The maximum Gasteiger partial charge on any atom is 4.00 e. The van der Waals surface area contributed by atoms with E-state index in [1.54, 1.807) is 0 Å². The van der Waals surface area contributed by atoms with E-state index >= 15 is 0 Å². The van der Waals surface area contributed by atoms with Crippen LogP contribution in [0.4, 0.5) is 0 Å². The van der Waals surface area contributed by atoms with E-state index in [0.717, 1.165) is 0 Å². The van der Waals surface area contributed by atoms with E-state index in [1.165, 1.54) is 0 Å². The van der Waals surface area contributed by atoms with Gasteiger partial charge in [0, 0.05) is 0 Å². The van der Waals surface area contributed by atoms with Crippen LogP contribution in [0, 0.1) is 0 Å². The number of carbonyl (C=O) groups excluding carboxylic acids is 2. The molecule has 0 spiro atoms. The minimum absolute atomic E-state index is 0. The quantitative estimate of drug-likeness (QED) is 0.278. The third-order valence-electron chi connectivity index (χ3n) is 0.167. The number of carbonyl (C=O) groups is 2. The van der Waals surface area contributed by atoms with Crippen LogP contribution in [0.5, 0.6) is 0 Å². The summed E-state index contributed by atoms with van der Waals surface area (Å²) in [6.45, 7) is 0. The van der Waals surface area contributed by atoms with Crippen molar-refractivity contribution in [3.63, 3.8) is 0 Å². The number of hydrogen-bond donors (Lipinski definition) is 0. The third-order valence-corrected chi connectivity index (χ3v) is 0.167. The van der Waals surface area contributed by atoms with Gasteiger partial charge in [-0.15, -0.1) is 0 Å². The molecule has 0 unspecified atom stereocenters. The Labute approximate surface area is 76.6 Å². The molecule has 0 fully saturated rings. The van der Waals surface area contributed by atoms with Crippen LogP contribution in [0.3, 0.4) is 0 Å². The summed E-state index contributed by atoms with van der Waals surface area (Å²) >= 11 is 0. The van der Waals surface area contributed by atoms with Gasteiger partial charge in [0.15, 0.2) is 0 Å². The van der Waals surface area contributed by atoms with Gasteiger partial charge >= 0.3 is 45.1 Å². The molecule has 0 amide bonds. The molecule has 0 aromatic rings. The minimum atomic E-state index is -2.19. The van der Waals surface area contributed by atoms with Gasteiger partial charge in [0.05, 0.1) is 11.9 Å². The fourth-order valence-electron chi connectivity index (χ4n) is 0. The van der Waals surface area contributed by atoms with Crippen molar-refractivity contribution in [2.24, 2.45) is 0 Å². The molecule has 0 aromatic carbocycles. The van der Waals surface area contributed by atoms with Crippen molar-refractivity contribution in [2.75, 3.05) is 0 Å². The van der Waals surface area contributed by atoms with Crippen LogP contribution in [-0.4, -0.2) is 11.9 Å². The van der Waals surface area contributed by atoms with Crippen LogP contribution in [0.2, 0.25) is 0 Å². The van der Waals surface area contributed by atoms with E-state index < -0.39 is 11.9 Å². The fourth-order valence-corrected chi connectivity index (χ4v) is 0. The van der Waals surface area contributed by atoms with Crippen molar-refractivity contribution < 1.29 is 64.9 Å². The molecular weight excluding hydrogens is 186 g/mol. The van der Waals surface area contributed by atoms with E-state index in [1.807, 2.05) is 0 Å². The van der Waals surface area contributed by atoms with Crippen LogP contribution in [0.1, 0.15) is 0 Å². The number of rotatable bonds is 0. The molecule has 0 aromatic heterocycles. The van der Waals surface area contributed by atoms with Crippen molar-refractivity contribution in [1.29, 1.82) is 0 Å². The first-order valence-corrected chi connectivity index (χ1v) is 1.07. The van der Waals surface area contributed by atoms with Gasteiger partial charge in [0.2, 0.25) is 0 Å². The van der Waals surface area contributed by atoms with Gasteiger partial charge in [0.1, 0.15) is 0 Å². The zero-order chi connectivity index (χ0) is 5.15. The summed E-state index contributed by atoms with van der Waals surface area (Å²) in [5.41, 5.74) is 0. The Bertz CT molecular complexity index is 80.0. The molecule has 34 valence electrons. The molecule has 0 atom stereocenters. The third kappa shape index (κ3) is 9.65. The van der Waals surface area contributed by atoms with Crippen LogP contribution >= 0.6 is 0 Å². The molecule has 0 aliphatic carbocycles. The molecule has 0 bridgehead atoms. The summed E-state index contributed by atoms with van der Waals surface area (Å²) in [5, 5.41) is 17.9. The van der Waals surface area contributed by atoms with Gasteiger partial charge in [0.25, 0.3) is 0 Å². The van der Waals surface area contributed by atoms with Gasteiger partial charge in [-0.05, 0) is 0 Å². The zero-order valence-corrected chi connectivity index (χ0v) is 6.59. The Morgan fingerprint density at radius 1 is 1.00 bits per heavy atom. The normalized spacial score (nSPS) is 5.50. The average Bonchev–Trinajstić information content (AvgIpc) is 1.36. The molecular formula is C2LiO4Zr+3. The van der Waals surface area contributed by atoms with Crippen molar-refractivity contribution in [3.05, 3.63) is 0 Å². The molecule has 0 N–H and O–H groups in total. The van der Waals surface area contributed by atoms with Gasteiger partial charge in [-0.1, -0.05) is 0 Å². The maximum absolute atomic E-state index is 8.93. The molecule has 4 nitrogen and oxygen atoms in total. The molecule has 0 saturated carbocycles. The molecule has 0 rings (SSSR count). The monoisotopic (exact) mass is 185 g/mol. The average molecular weight is 186 g/mol. The van der Waals surface area contributed by atoms with Crippen LogP contribution in [0.25, 0.3) is 0 Å². The van der Waals surface area contributed by atoms with Gasteiger partial charge in [-0.3, -0.25) is 0 Å². The first-order valence-electron chi connectivity index (χ1n) is 1.07. The first kappa shape index (κ1) is 15.8.